The molecule has 0 aromatic carbocycles. The average Bonchev–Trinajstić information content (AvgIpc) is 2.58. The maximum atomic E-state index is 12.2. The second-order valence-electron chi connectivity index (χ2n) is 7.62. The van der Waals surface area contributed by atoms with Gasteiger partial charge in [-0.25, -0.2) is 9.59 Å². The molecule has 1 fully saturated rings. The first-order valence-corrected chi connectivity index (χ1v) is 9.07. The maximum absolute atomic E-state index is 12.2. The van der Waals surface area contributed by atoms with Crippen molar-refractivity contribution in [1.29, 1.82) is 0 Å². The zero-order chi connectivity index (χ0) is 18.4. The molecule has 2 heterocycles. The van der Waals surface area contributed by atoms with Crippen molar-refractivity contribution < 1.29 is 19.1 Å². The quantitative estimate of drug-likeness (QED) is 0.762. The van der Waals surface area contributed by atoms with Gasteiger partial charge >= 0.3 is 12.2 Å². The third kappa shape index (κ3) is 6.11. The van der Waals surface area contributed by atoms with E-state index in [1.54, 1.807) is 11.1 Å². The van der Waals surface area contributed by atoms with Crippen LogP contribution in [0, 0.1) is 5.92 Å². The van der Waals surface area contributed by atoms with Crippen LogP contribution in [0.1, 0.15) is 53.4 Å². The lowest BCUT2D eigenvalue weighted by molar-refractivity contribution is 0.0144. The summed E-state index contributed by atoms with van der Waals surface area (Å²) in [5.74, 6) is 0.283. The van der Waals surface area contributed by atoms with Gasteiger partial charge in [0.15, 0.2) is 0 Å². The van der Waals surface area contributed by atoms with E-state index in [2.05, 4.69) is 6.92 Å². The van der Waals surface area contributed by atoms with Crippen molar-refractivity contribution in [2.45, 2.75) is 59.0 Å². The Bertz CT molecular complexity index is 540. The number of carbonyl (C=O) groups excluding carboxylic acids is 2. The summed E-state index contributed by atoms with van der Waals surface area (Å²) in [5, 5.41) is 0. The molecule has 2 rings (SSSR count). The molecule has 0 atom stereocenters. The highest BCUT2D eigenvalue weighted by Crippen LogP contribution is 2.21. The van der Waals surface area contributed by atoms with E-state index in [0.29, 0.717) is 19.7 Å². The summed E-state index contributed by atoms with van der Waals surface area (Å²) in [6.45, 7) is 9.34. The summed E-state index contributed by atoms with van der Waals surface area (Å²) in [6, 6.07) is 0. The molecule has 6 nitrogen and oxygen atoms in total. The predicted octanol–water partition coefficient (Wildman–Crippen LogP) is 4.28. The summed E-state index contributed by atoms with van der Waals surface area (Å²) in [7, 11) is 0. The molecule has 0 bridgehead atoms. The van der Waals surface area contributed by atoms with E-state index >= 15 is 0 Å². The van der Waals surface area contributed by atoms with Crippen LogP contribution < -0.4 is 0 Å². The van der Waals surface area contributed by atoms with E-state index in [-0.39, 0.29) is 18.1 Å². The van der Waals surface area contributed by atoms with Gasteiger partial charge in [0.2, 0.25) is 0 Å². The lowest BCUT2D eigenvalue weighted by Gasteiger charge is -2.33. The zero-order valence-electron chi connectivity index (χ0n) is 15.8. The van der Waals surface area contributed by atoms with Crippen molar-refractivity contribution in [3.8, 4) is 0 Å². The Morgan fingerprint density at radius 3 is 2.48 bits per heavy atom. The number of carbonyl (C=O) groups is 2. The van der Waals surface area contributed by atoms with Gasteiger partial charge < -0.3 is 14.4 Å². The second kappa shape index (κ2) is 8.41. The Labute approximate surface area is 150 Å². The molecule has 0 saturated carbocycles. The van der Waals surface area contributed by atoms with Crippen LogP contribution in [0.4, 0.5) is 9.59 Å². The molecule has 0 aliphatic carbocycles. The normalized spacial score (nSPS) is 18.8. The third-order valence-corrected chi connectivity index (χ3v) is 4.34. The SMILES string of the molecule is CCC1=CN(C(=O)OCC2CCN(C(=O)OC(C)(C)C)CC2)C=CC1. The maximum Gasteiger partial charge on any atom is 0.417 e. The molecule has 0 unspecified atom stereocenters. The summed E-state index contributed by atoms with van der Waals surface area (Å²) < 4.78 is 10.8. The van der Waals surface area contributed by atoms with Crippen LogP contribution in [0.25, 0.3) is 0 Å². The number of ether oxygens (including phenoxy) is 2. The molecule has 2 amide bonds. The molecule has 2 aliphatic heterocycles. The lowest BCUT2D eigenvalue weighted by Crippen LogP contribution is -2.42. The summed E-state index contributed by atoms with van der Waals surface area (Å²) >= 11 is 0. The molecule has 25 heavy (non-hydrogen) atoms. The highest BCUT2D eigenvalue weighted by Gasteiger charge is 2.27. The Hall–Kier alpha value is -1.98. The van der Waals surface area contributed by atoms with Crippen molar-refractivity contribution in [3.05, 3.63) is 24.0 Å². The number of hydrogen-bond donors (Lipinski definition) is 0. The number of nitrogens with zero attached hydrogens (tertiary/aromatic N) is 2. The molecule has 0 aromatic rings. The van der Waals surface area contributed by atoms with Crippen molar-refractivity contribution >= 4 is 12.2 Å². The minimum atomic E-state index is -0.476. The van der Waals surface area contributed by atoms with Crippen LogP contribution in [0.3, 0.4) is 0 Å². The highest BCUT2D eigenvalue weighted by atomic mass is 16.6. The first kappa shape index (κ1) is 19.3. The number of hydrogen-bond acceptors (Lipinski definition) is 4. The monoisotopic (exact) mass is 350 g/mol. The number of piperidine rings is 1. The minimum absolute atomic E-state index is 0.265. The van der Waals surface area contributed by atoms with Crippen molar-refractivity contribution in [1.82, 2.24) is 9.80 Å². The standard InChI is InChI=1S/C19H30N2O4/c1-5-15-7-6-10-21(13-15)17(22)24-14-16-8-11-20(12-9-16)18(23)25-19(2,3)4/h6,10,13,16H,5,7-9,11-12,14H2,1-4H3. The molecule has 0 N–H and O–H groups in total. The van der Waals surface area contributed by atoms with Gasteiger partial charge in [-0.3, -0.25) is 4.90 Å². The number of allylic oxidation sites excluding steroid dienone is 2. The second-order valence-corrected chi connectivity index (χ2v) is 7.62. The van der Waals surface area contributed by atoms with Crippen LogP contribution in [0.5, 0.6) is 0 Å². The number of rotatable bonds is 3. The van der Waals surface area contributed by atoms with Crippen LogP contribution in [-0.2, 0) is 9.47 Å². The fourth-order valence-electron chi connectivity index (χ4n) is 2.83. The van der Waals surface area contributed by atoms with Crippen LogP contribution in [0.2, 0.25) is 0 Å². The van der Waals surface area contributed by atoms with Crippen molar-refractivity contribution in [2.24, 2.45) is 5.92 Å². The molecule has 0 spiro atoms. The number of amides is 2. The summed E-state index contributed by atoms with van der Waals surface area (Å²) in [5.41, 5.74) is 0.737. The Balaban J connectivity index is 1.73. The molecule has 1 saturated heterocycles. The van der Waals surface area contributed by atoms with Crippen molar-refractivity contribution in [2.75, 3.05) is 19.7 Å². The summed E-state index contributed by atoms with van der Waals surface area (Å²) in [4.78, 5) is 27.4. The van der Waals surface area contributed by atoms with Gasteiger partial charge in [-0.05, 0) is 57.9 Å². The average molecular weight is 350 g/mol. The molecule has 2 aliphatic rings. The Morgan fingerprint density at radius 1 is 1.20 bits per heavy atom. The van der Waals surface area contributed by atoms with E-state index in [4.69, 9.17) is 9.47 Å². The van der Waals surface area contributed by atoms with Gasteiger partial charge in [0, 0.05) is 25.5 Å². The largest absolute Gasteiger partial charge is 0.449 e. The Morgan fingerprint density at radius 2 is 1.88 bits per heavy atom. The van der Waals surface area contributed by atoms with Crippen LogP contribution >= 0.6 is 0 Å². The summed E-state index contributed by atoms with van der Waals surface area (Å²) in [6.07, 6.45) is 8.44. The molecule has 0 aromatic heterocycles. The van der Waals surface area contributed by atoms with Crippen molar-refractivity contribution in [3.63, 3.8) is 0 Å². The Kier molecular flexibility index (Phi) is 6.51. The lowest BCUT2D eigenvalue weighted by atomic mass is 9.98. The smallest absolute Gasteiger partial charge is 0.417 e. The number of likely N-dealkylation sites (tertiary alicyclic amines) is 1. The minimum Gasteiger partial charge on any atom is -0.449 e. The van der Waals surface area contributed by atoms with E-state index in [0.717, 1.165) is 25.7 Å². The topological polar surface area (TPSA) is 59.1 Å². The molecule has 6 heteroatoms. The van der Waals surface area contributed by atoms with E-state index in [1.807, 2.05) is 33.0 Å². The van der Waals surface area contributed by atoms with E-state index < -0.39 is 5.60 Å². The fourth-order valence-corrected chi connectivity index (χ4v) is 2.83. The van der Waals surface area contributed by atoms with Crippen LogP contribution in [0.15, 0.2) is 24.0 Å². The highest BCUT2D eigenvalue weighted by molar-refractivity contribution is 5.70. The first-order chi connectivity index (χ1) is 11.8. The van der Waals surface area contributed by atoms with Gasteiger partial charge in [-0.2, -0.15) is 0 Å². The van der Waals surface area contributed by atoms with Gasteiger partial charge in [0.1, 0.15) is 5.60 Å². The molecular weight excluding hydrogens is 320 g/mol. The van der Waals surface area contributed by atoms with E-state index in [1.165, 1.54) is 10.5 Å². The van der Waals surface area contributed by atoms with Gasteiger partial charge in [0.25, 0.3) is 0 Å². The van der Waals surface area contributed by atoms with Gasteiger partial charge in [-0.15, -0.1) is 0 Å². The zero-order valence-corrected chi connectivity index (χ0v) is 15.8. The van der Waals surface area contributed by atoms with Gasteiger partial charge in [0.05, 0.1) is 6.61 Å². The fraction of sp³-hybridized carbons (Fsp3) is 0.684. The first-order valence-electron chi connectivity index (χ1n) is 9.07. The van der Waals surface area contributed by atoms with Crippen LogP contribution in [-0.4, -0.2) is 47.3 Å². The molecular formula is C19H30N2O4. The molecule has 0 radical (unpaired) electrons. The molecule has 140 valence electrons. The van der Waals surface area contributed by atoms with E-state index in [9.17, 15) is 9.59 Å². The van der Waals surface area contributed by atoms with Gasteiger partial charge in [-0.1, -0.05) is 13.0 Å². The third-order valence-electron chi connectivity index (χ3n) is 4.34. The predicted molar refractivity (Wildman–Crippen MR) is 95.8 cm³/mol.